The van der Waals surface area contributed by atoms with Gasteiger partial charge in [-0.2, -0.15) is 0 Å². The summed E-state index contributed by atoms with van der Waals surface area (Å²) < 4.78 is 0. The SMILES string of the molecule is CC(C)NC(N)=NCC1CCCCC1. The Hall–Kier alpha value is -0.730. The maximum absolute atomic E-state index is 5.73. The first kappa shape index (κ1) is 11.3. The monoisotopic (exact) mass is 197 g/mol. The molecular weight excluding hydrogens is 174 g/mol. The summed E-state index contributed by atoms with van der Waals surface area (Å²) >= 11 is 0. The van der Waals surface area contributed by atoms with Crippen molar-refractivity contribution >= 4 is 5.96 Å². The third-order valence-electron chi connectivity index (χ3n) is 2.68. The molecule has 0 aromatic rings. The van der Waals surface area contributed by atoms with E-state index >= 15 is 0 Å². The van der Waals surface area contributed by atoms with Gasteiger partial charge in [0.25, 0.3) is 0 Å². The van der Waals surface area contributed by atoms with E-state index in [0.29, 0.717) is 12.0 Å². The highest BCUT2D eigenvalue weighted by atomic mass is 15.1. The molecule has 1 aliphatic carbocycles. The van der Waals surface area contributed by atoms with Gasteiger partial charge < -0.3 is 11.1 Å². The zero-order valence-corrected chi connectivity index (χ0v) is 9.42. The molecule has 0 spiro atoms. The molecule has 0 amide bonds. The van der Waals surface area contributed by atoms with Crippen LogP contribution in [0.4, 0.5) is 0 Å². The quantitative estimate of drug-likeness (QED) is 0.536. The summed E-state index contributed by atoms with van der Waals surface area (Å²) in [6, 6.07) is 0.380. The summed E-state index contributed by atoms with van der Waals surface area (Å²) in [6.07, 6.45) is 6.81. The topological polar surface area (TPSA) is 50.4 Å². The van der Waals surface area contributed by atoms with Crippen molar-refractivity contribution in [3.63, 3.8) is 0 Å². The van der Waals surface area contributed by atoms with Crippen molar-refractivity contribution in [2.24, 2.45) is 16.6 Å². The van der Waals surface area contributed by atoms with Crippen LogP contribution in [-0.2, 0) is 0 Å². The largest absolute Gasteiger partial charge is 0.370 e. The Morgan fingerprint density at radius 3 is 2.57 bits per heavy atom. The van der Waals surface area contributed by atoms with Gasteiger partial charge in [0, 0.05) is 12.6 Å². The minimum atomic E-state index is 0.380. The molecule has 3 nitrogen and oxygen atoms in total. The number of aliphatic imine (C=N–C) groups is 1. The minimum Gasteiger partial charge on any atom is -0.370 e. The number of nitrogens with two attached hydrogens (primary N) is 1. The van der Waals surface area contributed by atoms with E-state index in [0.717, 1.165) is 12.5 Å². The average molecular weight is 197 g/mol. The zero-order chi connectivity index (χ0) is 10.4. The molecule has 82 valence electrons. The molecule has 1 rings (SSSR count). The van der Waals surface area contributed by atoms with Crippen molar-refractivity contribution in [3.8, 4) is 0 Å². The van der Waals surface area contributed by atoms with Gasteiger partial charge in [-0.25, -0.2) is 0 Å². The van der Waals surface area contributed by atoms with Crippen LogP contribution in [0.5, 0.6) is 0 Å². The summed E-state index contributed by atoms with van der Waals surface area (Å²) in [5.41, 5.74) is 5.73. The van der Waals surface area contributed by atoms with Crippen LogP contribution in [0.3, 0.4) is 0 Å². The maximum atomic E-state index is 5.73. The third kappa shape index (κ3) is 4.49. The highest BCUT2D eigenvalue weighted by molar-refractivity contribution is 5.78. The van der Waals surface area contributed by atoms with Gasteiger partial charge in [0.2, 0.25) is 0 Å². The van der Waals surface area contributed by atoms with Gasteiger partial charge in [-0.05, 0) is 32.6 Å². The van der Waals surface area contributed by atoms with Crippen LogP contribution in [0.1, 0.15) is 46.0 Å². The Kier molecular flexibility index (Phi) is 4.77. The van der Waals surface area contributed by atoms with Crippen LogP contribution in [0.25, 0.3) is 0 Å². The van der Waals surface area contributed by atoms with Crippen LogP contribution in [0.2, 0.25) is 0 Å². The Morgan fingerprint density at radius 2 is 2.00 bits per heavy atom. The minimum absolute atomic E-state index is 0.380. The molecule has 0 unspecified atom stereocenters. The van der Waals surface area contributed by atoms with Crippen molar-refractivity contribution in [1.29, 1.82) is 0 Å². The van der Waals surface area contributed by atoms with Crippen LogP contribution in [0.15, 0.2) is 4.99 Å². The standard InChI is InChI=1S/C11H23N3/c1-9(2)14-11(12)13-8-10-6-4-3-5-7-10/h9-10H,3-8H2,1-2H3,(H3,12,13,14). The van der Waals surface area contributed by atoms with Crippen molar-refractivity contribution in [2.45, 2.75) is 52.0 Å². The predicted octanol–water partition coefficient (Wildman–Crippen LogP) is 1.88. The molecule has 1 fully saturated rings. The second-order valence-corrected chi connectivity index (χ2v) is 4.53. The molecule has 14 heavy (non-hydrogen) atoms. The van der Waals surface area contributed by atoms with E-state index in [-0.39, 0.29) is 0 Å². The van der Waals surface area contributed by atoms with Crippen LogP contribution >= 0.6 is 0 Å². The molecule has 0 atom stereocenters. The molecule has 3 N–H and O–H groups in total. The van der Waals surface area contributed by atoms with Gasteiger partial charge in [-0.1, -0.05) is 19.3 Å². The van der Waals surface area contributed by atoms with E-state index in [4.69, 9.17) is 5.73 Å². The fourth-order valence-electron chi connectivity index (χ4n) is 1.94. The van der Waals surface area contributed by atoms with Gasteiger partial charge in [0.1, 0.15) is 0 Å². The lowest BCUT2D eigenvalue weighted by Crippen LogP contribution is -2.37. The molecule has 3 heteroatoms. The normalized spacial score (nSPS) is 20.1. The Bertz CT molecular complexity index is 181. The number of nitrogens with one attached hydrogen (secondary N) is 1. The Morgan fingerprint density at radius 1 is 1.36 bits per heavy atom. The van der Waals surface area contributed by atoms with Crippen LogP contribution in [-0.4, -0.2) is 18.5 Å². The highest BCUT2D eigenvalue weighted by Crippen LogP contribution is 2.23. The van der Waals surface area contributed by atoms with Crippen molar-refractivity contribution in [1.82, 2.24) is 5.32 Å². The van der Waals surface area contributed by atoms with E-state index in [1.807, 2.05) is 0 Å². The van der Waals surface area contributed by atoms with Crippen LogP contribution in [0, 0.1) is 5.92 Å². The second-order valence-electron chi connectivity index (χ2n) is 4.53. The highest BCUT2D eigenvalue weighted by Gasteiger charge is 2.12. The van der Waals surface area contributed by atoms with E-state index in [9.17, 15) is 0 Å². The first-order valence-corrected chi connectivity index (χ1v) is 5.75. The lowest BCUT2D eigenvalue weighted by Gasteiger charge is -2.19. The summed E-state index contributed by atoms with van der Waals surface area (Å²) in [4.78, 5) is 4.37. The van der Waals surface area contributed by atoms with E-state index in [1.54, 1.807) is 0 Å². The molecular formula is C11H23N3. The van der Waals surface area contributed by atoms with E-state index in [2.05, 4.69) is 24.2 Å². The summed E-state index contributed by atoms with van der Waals surface area (Å²) in [7, 11) is 0. The van der Waals surface area contributed by atoms with Crippen molar-refractivity contribution in [3.05, 3.63) is 0 Å². The molecule has 0 aliphatic heterocycles. The molecule has 1 aliphatic rings. The van der Waals surface area contributed by atoms with Crippen molar-refractivity contribution < 1.29 is 0 Å². The molecule has 0 aromatic heterocycles. The zero-order valence-electron chi connectivity index (χ0n) is 9.42. The molecule has 0 aromatic carbocycles. The lowest BCUT2D eigenvalue weighted by molar-refractivity contribution is 0.366. The third-order valence-corrected chi connectivity index (χ3v) is 2.68. The van der Waals surface area contributed by atoms with E-state index in [1.165, 1.54) is 32.1 Å². The molecule has 0 heterocycles. The van der Waals surface area contributed by atoms with Gasteiger partial charge in [-0.15, -0.1) is 0 Å². The average Bonchev–Trinajstić information content (AvgIpc) is 2.15. The predicted molar refractivity (Wildman–Crippen MR) is 61.3 cm³/mol. The van der Waals surface area contributed by atoms with Gasteiger partial charge in [-0.3, -0.25) is 4.99 Å². The first-order valence-electron chi connectivity index (χ1n) is 5.75. The number of nitrogens with zero attached hydrogens (tertiary/aromatic N) is 1. The van der Waals surface area contributed by atoms with Crippen LogP contribution < -0.4 is 11.1 Å². The molecule has 0 bridgehead atoms. The van der Waals surface area contributed by atoms with E-state index < -0.39 is 0 Å². The van der Waals surface area contributed by atoms with Crippen molar-refractivity contribution in [2.75, 3.05) is 6.54 Å². The molecule has 1 saturated carbocycles. The Balaban J connectivity index is 2.22. The first-order chi connectivity index (χ1) is 6.68. The second kappa shape index (κ2) is 5.89. The molecule has 0 saturated heterocycles. The number of guanidine groups is 1. The Labute approximate surface area is 87.2 Å². The van der Waals surface area contributed by atoms with Gasteiger partial charge in [0.15, 0.2) is 5.96 Å². The fraction of sp³-hybridized carbons (Fsp3) is 0.909. The summed E-state index contributed by atoms with van der Waals surface area (Å²) in [5, 5.41) is 3.11. The summed E-state index contributed by atoms with van der Waals surface area (Å²) in [5.74, 6) is 1.38. The van der Waals surface area contributed by atoms with Gasteiger partial charge >= 0.3 is 0 Å². The fourth-order valence-corrected chi connectivity index (χ4v) is 1.94. The summed E-state index contributed by atoms with van der Waals surface area (Å²) in [6.45, 7) is 5.05. The lowest BCUT2D eigenvalue weighted by atomic mass is 9.89. The number of rotatable bonds is 3. The molecule has 0 radical (unpaired) electrons. The number of hydrogen-bond acceptors (Lipinski definition) is 1. The number of hydrogen-bond donors (Lipinski definition) is 2. The smallest absolute Gasteiger partial charge is 0.188 e. The maximum Gasteiger partial charge on any atom is 0.188 e. The van der Waals surface area contributed by atoms with Gasteiger partial charge in [0.05, 0.1) is 0 Å².